The summed E-state index contributed by atoms with van der Waals surface area (Å²) in [4.78, 5) is 17.9. The largest absolute Gasteiger partial charge is 0.492 e. The molecule has 2 aromatic carbocycles. The average molecular weight is 502 g/mol. The summed E-state index contributed by atoms with van der Waals surface area (Å²) in [6.07, 6.45) is 7.32. The Labute approximate surface area is 215 Å². The monoisotopic (exact) mass is 501 g/mol. The smallest absolute Gasteiger partial charge is 0.167 e. The van der Waals surface area contributed by atoms with E-state index in [0.29, 0.717) is 6.61 Å². The van der Waals surface area contributed by atoms with E-state index in [1.165, 1.54) is 25.9 Å². The molecule has 36 heavy (non-hydrogen) atoms. The quantitative estimate of drug-likeness (QED) is 0.282. The molecule has 0 radical (unpaired) electrons. The van der Waals surface area contributed by atoms with Gasteiger partial charge in [-0.1, -0.05) is 30.0 Å². The zero-order valence-corrected chi connectivity index (χ0v) is 21.2. The Bertz CT molecular complexity index is 1280. The van der Waals surface area contributed by atoms with Crippen molar-refractivity contribution in [2.24, 2.45) is 0 Å². The second kappa shape index (κ2) is 11.0. The minimum absolute atomic E-state index is 0.0837. The number of hydrogen-bond acceptors (Lipinski definition) is 7. The zero-order valence-electron chi connectivity index (χ0n) is 20.4. The zero-order chi connectivity index (χ0) is 24.2. The van der Waals surface area contributed by atoms with Gasteiger partial charge in [0.1, 0.15) is 41.3 Å². The Hall–Kier alpha value is -2.94. The number of likely N-dealkylation sites (tertiary alicyclic amines) is 1. The van der Waals surface area contributed by atoms with Crippen LogP contribution in [0.3, 0.4) is 0 Å². The summed E-state index contributed by atoms with van der Waals surface area (Å²) in [5, 5.41) is 0.851. The average Bonchev–Trinajstić information content (AvgIpc) is 3.59. The minimum atomic E-state index is -0.0837. The maximum Gasteiger partial charge on any atom is 0.167 e. The summed E-state index contributed by atoms with van der Waals surface area (Å²) in [6.45, 7) is 4.83. The van der Waals surface area contributed by atoms with Gasteiger partial charge in [-0.25, -0.2) is 15.0 Å². The summed E-state index contributed by atoms with van der Waals surface area (Å²) in [5.41, 5.74) is 2.64. The van der Waals surface area contributed by atoms with Crippen LogP contribution in [0.15, 0.2) is 70.8 Å². The fourth-order valence-electron chi connectivity index (χ4n) is 4.97. The summed E-state index contributed by atoms with van der Waals surface area (Å²) < 4.78 is 14.4. The van der Waals surface area contributed by atoms with Crippen LogP contribution in [0.4, 0.5) is 0 Å². The second-order valence-electron chi connectivity index (χ2n) is 9.31. The Morgan fingerprint density at radius 3 is 2.56 bits per heavy atom. The van der Waals surface area contributed by atoms with E-state index in [0.717, 1.165) is 70.6 Å². The lowest BCUT2D eigenvalue weighted by atomic mass is 10.1. The van der Waals surface area contributed by atoms with Crippen molar-refractivity contribution in [3.05, 3.63) is 60.9 Å². The molecule has 2 saturated heterocycles. The molecule has 6 rings (SSSR count). The lowest BCUT2D eigenvalue weighted by Gasteiger charge is -2.25. The third-order valence-electron chi connectivity index (χ3n) is 6.83. The van der Waals surface area contributed by atoms with Gasteiger partial charge in [0.05, 0.1) is 0 Å². The summed E-state index contributed by atoms with van der Waals surface area (Å²) >= 11 is 1.61. The van der Waals surface area contributed by atoms with Crippen LogP contribution in [0, 0.1) is 0 Å². The van der Waals surface area contributed by atoms with Crippen LogP contribution in [0.25, 0.3) is 22.6 Å². The van der Waals surface area contributed by atoms with E-state index in [2.05, 4.69) is 43.7 Å². The van der Waals surface area contributed by atoms with Gasteiger partial charge in [0.25, 0.3) is 0 Å². The van der Waals surface area contributed by atoms with Crippen molar-refractivity contribution in [2.75, 3.05) is 32.8 Å². The standard InChI is InChI=1S/C28H31N5O2S/c1-2-8-23(9-3-1)36-28-25-27(29-20-30-28)33(24-10-4-7-18-35-24)26(31-25)21-11-13-22(14-12-21)34-19-17-32-15-5-6-16-32/h1-3,8-9,11-14,20,24H,4-7,10,15-19H2. The maximum absolute atomic E-state index is 6.20. The third-order valence-corrected chi connectivity index (χ3v) is 7.83. The highest BCUT2D eigenvalue weighted by Crippen LogP contribution is 2.37. The van der Waals surface area contributed by atoms with Gasteiger partial charge >= 0.3 is 0 Å². The first-order valence-electron chi connectivity index (χ1n) is 12.9. The molecule has 7 nitrogen and oxygen atoms in total. The van der Waals surface area contributed by atoms with Crippen LogP contribution in [-0.4, -0.2) is 57.3 Å². The maximum atomic E-state index is 6.20. The van der Waals surface area contributed by atoms with Crippen molar-refractivity contribution in [1.82, 2.24) is 24.4 Å². The first-order chi connectivity index (χ1) is 17.8. The van der Waals surface area contributed by atoms with Crippen LogP contribution in [-0.2, 0) is 4.74 Å². The molecular weight excluding hydrogens is 470 g/mol. The summed E-state index contributed by atoms with van der Waals surface area (Å²) in [6, 6.07) is 18.5. The number of aromatic nitrogens is 4. The minimum Gasteiger partial charge on any atom is -0.492 e. The molecule has 0 saturated carbocycles. The topological polar surface area (TPSA) is 65.3 Å². The normalized spacial score (nSPS) is 18.6. The molecule has 1 atom stereocenters. The molecule has 4 aromatic rings. The van der Waals surface area contributed by atoms with Gasteiger partial charge in [0.2, 0.25) is 0 Å². The molecule has 2 fully saturated rings. The molecule has 4 heterocycles. The molecular formula is C28H31N5O2S. The van der Waals surface area contributed by atoms with Crippen molar-refractivity contribution in [1.29, 1.82) is 0 Å². The Morgan fingerprint density at radius 1 is 0.944 bits per heavy atom. The number of imidazole rings is 1. The molecule has 2 aromatic heterocycles. The Balaban J connectivity index is 1.31. The molecule has 2 aliphatic rings. The van der Waals surface area contributed by atoms with Gasteiger partial charge in [0, 0.05) is 23.6 Å². The van der Waals surface area contributed by atoms with E-state index in [4.69, 9.17) is 14.5 Å². The number of hydrogen-bond donors (Lipinski definition) is 0. The third kappa shape index (κ3) is 5.12. The van der Waals surface area contributed by atoms with Crippen molar-refractivity contribution in [3.63, 3.8) is 0 Å². The predicted octanol–water partition coefficient (Wildman–Crippen LogP) is 5.82. The van der Waals surface area contributed by atoms with E-state index in [1.807, 2.05) is 30.3 Å². The molecule has 0 N–H and O–H groups in total. The summed E-state index contributed by atoms with van der Waals surface area (Å²) in [7, 11) is 0. The van der Waals surface area contributed by atoms with E-state index in [9.17, 15) is 0 Å². The highest BCUT2D eigenvalue weighted by Gasteiger charge is 2.25. The van der Waals surface area contributed by atoms with Gasteiger partial charge in [-0.15, -0.1) is 0 Å². The van der Waals surface area contributed by atoms with Crippen molar-refractivity contribution in [2.45, 2.75) is 48.3 Å². The van der Waals surface area contributed by atoms with Crippen LogP contribution in [0.5, 0.6) is 5.75 Å². The molecule has 8 heteroatoms. The molecule has 1 unspecified atom stereocenters. The molecule has 0 amide bonds. The highest BCUT2D eigenvalue weighted by molar-refractivity contribution is 7.99. The van der Waals surface area contributed by atoms with Crippen LogP contribution < -0.4 is 4.74 Å². The first-order valence-corrected chi connectivity index (χ1v) is 13.7. The van der Waals surface area contributed by atoms with Crippen LogP contribution in [0.1, 0.15) is 38.3 Å². The van der Waals surface area contributed by atoms with E-state index < -0.39 is 0 Å². The second-order valence-corrected chi connectivity index (χ2v) is 10.4. The van der Waals surface area contributed by atoms with Gasteiger partial charge < -0.3 is 9.47 Å². The van der Waals surface area contributed by atoms with Gasteiger partial charge in [0.15, 0.2) is 5.65 Å². The van der Waals surface area contributed by atoms with Crippen LogP contribution >= 0.6 is 11.8 Å². The van der Waals surface area contributed by atoms with Crippen LogP contribution in [0.2, 0.25) is 0 Å². The number of fused-ring (bicyclic) bond motifs is 1. The van der Waals surface area contributed by atoms with Crippen molar-refractivity contribution < 1.29 is 9.47 Å². The van der Waals surface area contributed by atoms with Gasteiger partial charge in [-0.3, -0.25) is 9.47 Å². The summed E-state index contributed by atoms with van der Waals surface area (Å²) in [5.74, 6) is 1.74. The lowest BCUT2D eigenvalue weighted by molar-refractivity contribution is -0.0287. The molecule has 186 valence electrons. The number of ether oxygens (including phenoxy) is 2. The Kier molecular flexibility index (Phi) is 7.16. The fourth-order valence-corrected chi connectivity index (χ4v) is 5.82. The molecule has 0 bridgehead atoms. The first kappa shape index (κ1) is 23.5. The highest BCUT2D eigenvalue weighted by atomic mass is 32.2. The van der Waals surface area contributed by atoms with E-state index in [1.54, 1.807) is 18.1 Å². The van der Waals surface area contributed by atoms with Crippen molar-refractivity contribution in [3.8, 4) is 17.1 Å². The lowest BCUT2D eigenvalue weighted by Crippen LogP contribution is -2.25. The Morgan fingerprint density at radius 2 is 1.78 bits per heavy atom. The number of rotatable bonds is 8. The predicted molar refractivity (Wildman–Crippen MR) is 141 cm³/mol. The number of benzene rings is 2. The fraction of sp³-hybridized carbons (Fsp3) is 0.393. The molecule has 2 aliphatic heterocycles. The van der Waals surface area contributed by atoms with E-state index >= 15 is 0 Å². The SMILES string of the molecule is c1ccc(Sc2ncnc3c2nc(-c2ccc(OCCN4CCCC4)cc2)n3C2CCCCO2)cc1. The van der Waals surface area contributed by atoms with Gasteiger partial charge in [-0.2, -0.15) is 0 Å². The van der Waals surface area contributed by atoms with Crippen molar-refractivity contribution >= 4 is 22.9 Å². The number of nitrogens with zero attached hydrogens (tertiary/aromatic N) is 5. The van der Waals surface area contributed by atoms with Gasteiger partial charge in [-0.05, 0) is 81.6 Å². The molecule has 0 spiro atoms. The molecule has 0 aliphatic carbocycles. The van der Waals surface area contributed by atoms with E-state index in [-0.39, 0.29) is 6.23 Å².